The van der Waals surface area contributed by atoms with Crippen LogP contribution in [-0.4, -0.2) is 82.4 Å². The standard InChI is InChI=1S/C32H37F4N3O5/c1-19-15-37(11-12-39(19)23-6-8-27(33)25(14-23)28(40)41)24-9-10-31(44-17-24,21-3-4-21)29(42)38-16-20-13-22(32(34,35)36)5-7-26(20)30(2,43)18-38/h5-8,13-14,19,21,24,43H,3-4,9-12,15-18H2,1-2H3,(H,40,41)/t19?,24-,30-,31+/m1/s1. The van der Waals surface area contributed by atoms with E-state index in [4.69, 9.17) is 4.74 Å². The molecule has 12 heteroatoms. The number of carbonyl (C=O) groups excluding carboxylic acids is 1. The molecule has 4 atom stereocenters. The third-order valence-electron chi connectivity index (χ3n) is 9.83. The summed E-state index contributed by atoms with van der Waals surface area (Å²) >= 11 is 0. The highest BCUT2D eigenvalue weighted by molar-refractivity contribution is 5.89. The number of piperazine rings is 1. The van der Waals surface area contributed by atoms with Crippen molar-refractivity contribution in [3.8, 4) is 0 Å². The average Bonchev–Trinajstić information content (AvgIpc) is 3.82. The molecule has 8 nitrogen and oxygen atoms in total. The van der Waals surface area contributed by atoms with Gasteiger partial charge in [0, 0.05) is 44.0 Å². The van der Waals surface area contributed by atoms with Crippen molar-refractivity contribution >= 4 is 17.6 Å². The van der Waals surface area contributed by atoms with Crippen molar-refractivity contribution in [3.63, 3.8) is 0 Å². The number of ether oxygens (including phenoxy) is 1. The van der Waals surface area contributed by atoms with Gasteiger partial charge in [0.2, 0.25) is 0 Å². The molecule has 238 valence electrons. The molecule has 0 radical (unpaired) electrons. The first kappa shape index (κ1) is 30.8. The van der Waals surface area contributed by atoms with E-state index in [2.05, 4.69) is 9.80 Å². The smallest absolute Gasteiger partial charge is 0.416 e. The van der Waals surface area contributed by atoms with E-state index in [-0.39, 0.29) is 48.1 Å². The Kier molecular flexibility index (Phi) is 7.69. The topological polar surface area (TPSA) is 93.6 Å². The van der Waals surface area contributed by atoms with E-state index in [0.29, 0.717) is 50.3 Å². The van der Waals surface area contributed by atoms with Crippen LogP contribution in [0.3, 0.4) is 0 Å². The molecule has 4 aliphatic rings. The lowest BCUT2D eigenvalue weighted by Crippen LogP contribution is -2.62. The summed E-state index contributed by atoms with van der Waals surface area (Å²) in [5, 5.41) is 20.5. The monoisotopic (exact) mass is 619 g/mol. The Balaban J connectivity index is 1.14. The van der Waals surface area contributed by atoms with Gasteiger partial charge in [-0.25, -0.2) is 9.18 Å². The van der Waals surface area contributed by atoms with Crippen molar-refractivity contribution in [1.82, 2.24) is 9.80 Å². The van der Waals surface area contributed by atoms with Crippen LogP contribution in [0.2, 0.25) is 0 Å². The van der Waals surface area contributed by atoms with Crippen LogP contribution in [0, 0.1) is 11.7 Å². The molecule has 3 aliphatic heterocycles. The number of fused-ring (bicyclic) bond motifs is 1. The van der Waals surface area contributed by atoms with Crippen LogP contribution in [0.15, 0.2) is 36.4 Å². The number of carboxylic acid groups (broad SMARTS) is 1. The fraction of sp³-hybridized carbons (Fsp3) is 0.562. The number of aromatic carboxylic acids is 1. The van der Waals surface area contributed by atoms with Gasteiger partial charge >= 0.3 is 12.1 Å². The number of carboxylic acids is 1. The second kappa shape index (κ2) is 11.0. The number of halogens is 4. The number of nitrogens with zero attached hydrogens (tertiary/aromatic N) is 3. The number of alkyl halides is 3. The van der Waals surface area contributed by atoms with Gasteiger partial charge in [-0.15, -0.1) is 0 Å². The van der Waals surface area contributed by atoms with Crippen LogP contribution in [0.4, 0.5) is 23.2 Å². The van der Waals surface area contributed by atoms with Crippen molar-refractivity contribution in [1.29, 1.82) is 0 Å². The largest absolute Gasteiger partial charge is 0.478 e. The maximum atomic E-state index is 14.1. The number of benzene rings is 2. The third kappa shape index (κ3) is 5.56. The molecule has 1 unspecified atom stereocenters. The molecule has 0 aromatic heterocycles. The third-order valence-corrected chi connectivity index (χ3v) is 9.83. The van der Waals surface area contributed by atoms with Crippen molar-refractivity contribution in [2.75, 3.05) is 37.7 Å². The number of rotatable bonds is 5. The summed E-state index contributed by atoms with van der Waals surface area (Å²) < 4.78 is 60.8. The second-order valence-electron chi connectivity index (χ2n) is 13.0. The second-order valence-corrected chi connectivity index (χ2v) is 13.0. The fourth-order valence-electron chi connectivity index (χ4n) is 7.40. The van der Waals surface area contributed by atoms with Crippen molar-refractivity contribution in [2.45, 2.75) is 75.5 Å². The first-order chi connectivity index (χ1) is 20.7. The quantitative estimate of drug-likeness (QED) is 0.472. The van der Waals surface area contributed by atoms with Crippen molar-refractivity contribution in [3.05, 3.63) is 64.5 Å². The molecule has 2 aromatic rings. The van der Waals surface area contributed by atoms with Gasteiger partial charge in [0.1, 0.15) is 17.0 Å². The predicted molar refractivity (Wildman–Crippen MR) is 153 cm³/mol. The lowest BCUT2D eigenvalue weighted by atomic mass is 9.82. The molecule has 0 bridgehead atoms. The number of hydrogen-bond donors (Lipinski definition) is 2. The highest BCUT2D eigenvalue weighted by Crippen LogP contribution is 2.49. The number of amides is 1. The van der Waals surface area contributed by atoms with Crippen LogP contribution in [0.1, 0.15) is 66.6 Å². The summed E-state index contributed by atoms with van der Waals surface area (Å²) in [5.41, 5.74) is -2.42. The maximum Gasteiger partial charge on any atom is 0.416 e. The summed E-state index contributed by atoms with van der Waals surface area (Å²) in [4.78, 5) is 31.4. The Morgan fingerprint density at radius 3 is 2.43 bits per heavy atom. The molecule has 1 aliphatic carbocycles. The highest BCUT2D eigenvalue weighted by Gasteiger charge is 2.56. The van der Waals surface area contributed by atoms with Crippen LogP contribution < -0.4 is 4.90 Å². The fourth-order valence-corrected chi connectivity index (χ4v) is 7.40. The van der Waals surface area contributed by atoms with Gasteiger partial charge < -0.3 is 24.7 Å². The zero-order chi connectivity index (χ0) is 31.6. The molecule has 6 rings (SSSR count). The summed E-state index contributed by atoms with van der Waals surface area (Å²) in [6.07, 6.45) is -1.69. The molecule has 3 heterocycles. The van der Waals surface area contributed by atoms with Crippen LogP contribution >= 0.6 is 0 Å². The molecule has 44 heavy (non-hydrogen) atoms. The Hall–Kier alpha value is -3.22. The van der Waals surface area contributed by atoms with Gasteiger partial charge in [-0.2, -0.15) is 13.2 Å². The van der Waals surface area contributed by atoms with E-state index in [9.17, 15) is 37.4 Å². The minimum atomic E-state index is -4.53. The molecule has 2 N–H and O–H groups in total. The first-order valence-corrected chi connectivity index (χ1v) is 15.1. The first-order valence-electron chi connectivity index (χ1n) is 15.1. The minimum absolute atomic E-state index is 0.0184. The number of β-amino-alcohol motifs (C(OH)–C–C–N with tert-alkyl or cyclic N) is 1. The summed E-state index contributed by atoms with van der Waals surface area (Å²) in [6.45, 7) is 5.78. The van der Waals surface area contributed by atoms with E-state index in [1.807, 2.05) is 6.92 Å². The Morgan fingerprint density at radius 1 is 1.07 bits per heavy atom. The normalized spacial score (nSPS) is 29.8. The minimum Gasteiger partial charge on any atom is -0.478 e. The molecule has 1 saturated carbocycles. The molecule has 0 spiro atoms. The molecule has 3 fully saturated rings. The van der Waals surface area contributed by atoms with Gasteiger partial charge in [0.05, 0.1) is 24.3 Å². The van der Waals surface area contributed by atoms with Gasteiger partial charge in [-0.3, -0.25) is 9.69 Å². The van der Waals surface area contributed by atoms with E-state index in [1.54, 1.807) is 6.07 Å². The summed E-state index contributed by atoms with van der Waals surface area (Å²) in [5.74, 6) is -2.33. The van der Waals surface area contributed by atoms with Crippen LogP contribution in [-0.2, 0) is 27.9 Å². The summed E-state index contributed by atoms with van der Waals surface area (Å²) in [7, 11) is 0. The highest BCUT2D eigenvalue weighted by atomic mass is 19.4. The number of aliphatic hydroxyl groups is 1. The van der Waals surface area contributed by atoms with E-state index < -0.39 is 34.7 Å². The SMILES string of the molecule is CC1CN([C@@H]2CC[C@@](C(=O)N3Cc4cc(C(F)(F)F)ccc4[C@](C)(O)C3)(C3CC3)OC2)CCN1c1ccc(F)c(C(=O)O)c1. The van der Waals surface area contributed by atoms with Crippen molar-refractivity contribution < 1.29 is 42.1 Å². The zero-order valence-electron chi connectivity index (χ0n) is 24.7. The van der Waals surface area contributed by atoms with Gasteiger partial charge in [-0.1, -0.05) is 6.07 Å². The van der Waals surface area contributed by atoms with E-state index in [0.717, 1.165) is 25.0 Å². The van der Waals surface area contributed by atoms with Gasteiger partial charge in [0.25, 0.3) is 5.91 Å². The van der Waals surface area contributed by atoms with E-state index in [1.165, 1.54) is 30.0 Å². The maximum absolute atomic E-state index is 14.1. The molecular weight excluding hydrogens is 582 g/mol. The predicted octanol–water partition coefficient (Wildman–Crippen LogP) is 4.63. The molecule has 2 saturated heterocycles. The lowest BCUT2D eigenvalue weighted by Gasteiger charge is -2.49. The van der Waals surface area contributed by atoms with E-state index >= 15 is 0 Å². The molecule has 1 amide bonds. The Labute approximate surface area is 253 Å². The molecular formula is C32H37F4N3O5. The van der Waals surface area contributed by atoms with Crippen molar-refractivity contribution in [2.24, 2.45) is 5.92 Å². The van der Waals surface area contributed by atoms with Gasteiger partial charge in [0.15, 0.2) is 0 Å². The molecule has 2 aromatic carbocycles. The Morgan fingerprint density at radius 2 is 1.82 bits per heavy atom. The van der Waals surface area contributed by atoms with Gasteiger partial charge in [-0.05, 0) is 86.9 Å². The lowest BCUT2D eigenvalue weighted by molar-refractivity contribution is -0.180. The van der Waals surface area contributed by atoms with Crippen LogP contribution in [0.25, 0.3) is 0 Å². The zero-order valence-corrected chi connectivity index (χ0v) is 24.7. The summed E-state index contributed by atoms with van der Waals surface area (Å²) in [6, 6.07) is 7.51. The number of anilines is 1. The van der Waals surface area contributed by atoms with Crippen LogP contribution in [0.5, 0.6) is 0 Å². The average molecular weight is 620 g/mol. The number of hydrogen-bond acceptors (Lipinski definition) is 6. The Bertz CT molecular complexity index is 1450. The number of carbonyl (C=O) groups is 2.